The number of rotatable bonds is 2. The molecule has 1 aliphatic heterocycles. The first-order valence-electron chi connectivity index (χ1n) is 3.98. The van der Waals surface area contributed by atoms with Gasteiger partial charge < -0.3 is 0 Å². The normalized spacial score (nSPS) is 24.6. The van der Waals surface area contributed by atoms with Crippen molar-refractivity contribution in [1.29, 1.82) is 0 Å². The van der Waals surface area contributed by atoms with Gasteiger partial charge >= 0.3 is 0 Å². The maximum Gasteiger partial charge on any atom is 0.0392 e. The molecule has 1 aliphatic rings. The summed E-state index contributed by atoms with van der Waals surface area (Å²) in [5, 5.41) is 1.32. The summed E-state index contributed by atoms with van der Waals surface area (Å²) in [5.41, 5.74) is 0.688. The zero-order chi connectivity index (χ0) is 7.45. The quantitative estimate of drug-likeness (QED) is 0.633. The van der Waals surface area contributed by atoms with Gasteiger partial charge in [-0.05, 0) is 18.3 Å². The molecule has 1 saturated heterocycles. The van der Waals surface area contributed by atoms with E-state index in [4.69, 9.17) is 0 Å². The molecule has 1 rings (SSSR count). The van der Waals surface area contributed by atoms with Crippen LogP contribution < -0.4 is 0 Å². The second-order valence-electron chi connectivity index (χ2n) is 3.02. The van der Waals surface area contributed by atoms with Crippen LogP contribution in [0.1, 0.15) is 26.7 Å². The van der Waals surface area contributed by atoms with E-state index in [1.54, 1.807) is 0 Å². The highest BCUT2D eigenvalue weighted by molar-refractivity contribution is 8.16. The highest BCUT2D eigenvalue weighted by Crippen LogP contribution is 2.40. The van der Waals surface area contributed by atoms with E-state index in [0.29, 0.717) is 5.41 Å². The lowest BCUT2D eigenvalue weighted by atomic mass is 9.87. The summed E-state index contributed by atoms with van der Waals surface area (Å²) in [4.78, 5) is 0. The van der Waals surface area contributed by atoms with E-state index in [0.717, 1.165) is 0 Å². The van der Waals surface area contributed by atoms with Crippen LogP contribution in [-0.2, 0) is 0 Å². The first-order valence-corrected chi connectivity index (χ1v) is 6.29. The number of thioether (sulfide) groups is 2. The molecule has 0 saturated carbocycles. The third kappa shape index (κ3) is 1.85. The van der Waals surface area contributed by atoms with Gasteiger partial charge in [-0.25, -0.2) is 0 Å². The standard InChI is InChI=1S/C8H16S2/c1-3-8(4-2)5-9-7-10-6-8/h3-7H2,1-2H3. The molecule has 0 aromatic rings. The predicted octanol–water partition coefficient (Wildman–Crippen LogP) is 3.23. The van der Waals surface area contributed by atoms with Gasteiger partial charge in [-0.1, -0.05) is 13.8 Å². The van der Waals surface area contributed by atoms with E-state index in [-0.39, 0.29) is 0 Å². The second kappa shape index (κ2) is 3.91. The van der Waals surface area contributed by atoms with E-state index in [9.17, 15) is 0 Å². The van der Waals surface area contributed by atoms with Crippen molar-refractivity contribution in [3.05, 3.63) is 0 Å². The Labute approximate surface area is 72.5 Å². The molecule has 0 aromatic carbocycles. The lowest BCUT2D eigenvalue weighted by Crippen LogP contribution is -2.27. The van der Waals surface area contributed by atoms with Crippen LogP contribution in [0.15, 0.2) is 0 Å². The number of hydrogen-bond acceptors (Lipinski definition) is 2. The average Bonchev–Trinajstić information content (AvgIpc) is 2.06. The molecule has 0 bridgehead atoms. The summed E-state index contributed by atoms with van der Waals surface area (Å²) < 4.78 is 0. The Bertz CT molecular complexity index is 89.4. The largest absolute Gasteiger partial charge is 0.150 e. The van der Waals surface area contributed by atoms with Crippen molar-refractivity contribution in [3.8, 4) is 0 Å². The van der Waals surface area contributed by atoms with Crippen LogP contribution in [0.25, 0.3) is 0 Å². The van der Waals surface area contributed by atoms with Crippen LogP contribution in [0.2, 0.25) is 0 Å². The van der Waals surface area contributed by atoms with Crippen molar-refractivity contribution in [1.82, 2.24) is 0 Å². The first-order chi connectivity index (χ1) is 4.83. The van der Waals surface area contributed by atoms with E-state index in [2.05, 4.69) is 37.4 Å². The fourth-order valence-corrected chi connectivity index (χ4v) is 4.43. The molecule has 10 heavy (non-hydrogen) atoms. The minimum Gasteiger partial charge on any atom is -0.150 e. The first kappa shape index (κ1) is 8.79. The molecular weight excluding hydrogens is 160 g/mol. The molecule has 2 heteroatoms. The Morgan fingerprint density at radius 3 is 1.90 bits per heavy atom. The third-order valence-electron chi connectivity index (χ3n) is 2.48. The van der Waals surface area contributed by atoms with Crippen LogP contribution >= 0.6 is 23.5 Å². The maximum absolute atomic E-state index is 2.33. The molecule has 0 unspecified atom stereocenters. The van der Waals surface area contributed by atoms with E-state index in [1.807, 2.05) is 0 Å². The summed E-state index contributed by atoms with van der Waals surface area (Å²) in [6, 6.07) is 0. The molecule has 1 heterocycles. The third-order valence-corrected chi connectivity index (χ3v) is 5.45. The zero-order valence-electron chi connectivity index (χ0n) is 6.85. The Morgan fingerprint density at radius 1 is 1.10 bits per heavy atom. The van der Waals surface area contributed by atoms with Crippen LogP contribution in [-0.4, -0.2) is 16.6 Å². The van der Waals surface area contributed by atoms with Crippen molar-refractivity contribution < 1.29 is 0 Å². The highest BCUT2D eigenvalue weighted by atomic mass is 32.2. The molecule has 0 atom stereocenters. The van der Waals surface area contributed by atoms with Gasteiger partial charge in [0.15, 0.2) is 0 Å². The van der Waals surface area contributed by atoms with Gasteiger partial charge in [0.05, 0.1) is 0 Å². The van der Waals surface area contributed by atoms with E-state index in [1.165, 1.54) is 29.4 Å². The molecule has 0 N–H and O–H groups in total. The van der Waals surface area contributed by atoms with E-state index < -0.39 is 0 Å². The van der Waals surface area contributed by atoms with Crippen molar-refractivity contribution in [2.24, 2.45) is 5.41 Å². The Hall–Kier alpha value is 0.700. The molecule has 0 aliphatic carbocycles. The molecule has 1 fully saturated rings. The van der Waals surface area contributed by atoms with Crippen molar-refractivity contribution in [3.63, 3.8) is 0 Å². The summed E-state index contributed by atoms with van der Waals surface area (Å²) >= 11 is 4.23. The van der Waals surface area contributed by atoms with Crippen LogP contribution in [0.4, 0.5) is 0 Å². The van der Waals surface area contributed by atoms with Gasteiger partial charge in [0.25, 0.3) is 0 Å². The predicted molar refractivity (Wildman–Crippen MR) is 52.8 cm³/mol. The minimum absolute atomic E-state index is 0.688. The van der Waals surface area contributed by atoms with Gasteiger partial charge in [0, 0.05) is 16.6 Å². The minimum atomic E-state index is 0.688. The van der Waals surface area contributed by atoms with E-state index >= 15 is 0 Å². The smallest absolute Gasteiger partial charge is 0.0392 e. The maximum atomic E-state index is 2.33. The monoisotopic (exact) mass is 176 g/mol. The lowest BCUT2D eigenvalue weighted by molar-refractivity contribution is 0.355. The number of hydrogen-bond donors (Lipinski definition) is 0. The van der Waals surface area contributed by atoms with Crippen molar-refractivity contribution in [2.45, 2.75) is 26.7 Å². The summed E-state index contributed by atoms with van der Waals surface area (Å²) in [5.74, 6) is 2.79. The molecule has 0 amide bonds. The van der Waals surface area contributed by atoms with Gasteiger partial charge in [-0.3, -0.25) is 0 Å². The van der Waals surface area contributed by atoms with Crippen LogP contribution in [0, 0.1) is 5.41 Å². The van der Waals surface area contributed by atoms with Crippen LogP contribution in [0.5, 0.6) is 0 Å². The molecule has 0 aromatic heterocycles. The van der Waals surface area contributed by atoms with Crippen LogP contribution in [0.3, 0.4) is 0 Å². The summed E-state index contributed by atoms with van der Waals surface area (Å²) in [6.07, 6.45) is 2.73. The van der Waals surface area contributed by atoms with Gasteiger partial charge in [-0.15, -0.1) is 0 Å². The summed E-state index contributed by atoms with van der Waals surface area (Å²) in [6.45, 7) is 4.66. The molecule has 0 nitrogen and oxygen atoms in total. The summed E-state index contributed by atoms with van der Waals surface area (Å²) in [7, 11) is 0. The highest BCUT2D eigenvalue weighted by Gasteiger charge is 2.28. The average molecular weight is 176 g/mol. The SMILES string of the molecule is CCC1(CC)CSCSC1. The fourth-order valence-electron chi connectivity index (χ4n) is 1.28. The topological polar surface area (TPSA) is 0 Å². The van der Waals surface area contributed by atoms with Crippen molar-refractivity contribution >= 4 is 23.5 Å². The molecular formula is C8H16S2. The Balaban J connectivity index is 2.44. The lowest BCUT2D eigenvalue weighted by Gasteiger charge is -2.34. The zero-order valence-corrected chi connectivity index (χ0v) is 8.49. The molecule has 0 spiro atoms. The molecule has 60 valence electrons. The second-order valence-corrected chi connectivity index (χ2v) is 5.36. The Kier molecular flexibility index (Phi) is 3.44. The van der Waals surface area contributed by atoms with Gasteiger partial charge in [-0.2, -0.15) is 23.5 Å². The molecule has 0 radical (unpaired) electrons. The fraction of sp³-hybridized carbons (Fsp3) is 1.00. The Morgan fingerprint density at radius 2 is 1.60 bits per heavy atom. The van der Waals surface area contributed by atoms with Gasteiger partial charge in [0.1, 0.15) is 0 Å². The van der Waals surface area contributed by atoms with Crippen molar-refractivity contribution in [2.75, 3.05) is 16.6 Å². The van der Waals surface area contributed by atoms with Gasteiger partial charge in [0.2, 0.25) is 0 Å².